The van der Waals surface area contributed by atoms with Crippen LogP contribution in [0, 0.1) is 0 Å². The predicted octanol–water partition coefficient (Wildman–Crippen LogP) is 14.5. The first kappa shape index (κ1) is 31.9. The molecule has 11 rings (SSSR count). The van der Waals surface area contributed by atoms with Gasteiger partial charge in [-0.15, -0.1) is 0 Å². The van der Waals surface area contributed by atoms with Crippen molar-refractivity contribution in [1.29, 1.82) is 0 Å². The van der Waals surface area contributed by atoms with E-state index in [1.165, 1.54) is 76.2 Å². The van der Waals surface area contributed by atoms with Crippen LogP contribution < -0.4 is 4.90 Å². The van der Waals surface area contributed by atoms with E-state index in [-0.39, 0.29) is 0 Å². The maximum Gasteiger partial charge on any atom is 0.0741 e. The van der Waals surface area contributed by atoms with Gasteiger partial charge < -0.3 is 4.90 Å². The van der Waals surface area contributed by atoms with Gasteiger partial charge in [-0.1, -0.05) is 169 Å². The lowest BCUT2D eigenvalue weighted by Crippen LogP contribution is -2.32. The molecule has 1 unspecified atom stereocenters. The second kappa shape index (κ2) is 12.8. The molecule has 0 bridgehead atoms. The van der Waals surface area contributed by atoms with Gasteiger partial charge in [-0.25, -0.2) is 0 Å². The van der Waals surface area contributed by atoms with E-state index in [1.807, 2.05) is 11.8 Å². The lowest BCUT2D eigenvalue weighted by Gasteiger charge is -2.40. The fourth-order valence-corrected chi connectivity index (χ4v) is 10.3. The zero-order valence-electron chi connectivity index (χ0n) is 30.1. The smallest absolute Gasteiger partial charge is 0.0741 e. The van der Waals surface area contributed by atoms with Crippen molar-refractivity contribution in [3.63, 3.8) is 0 Å². The molecule has 55 heavy (non-hydrogen) atoms. The Labute approximate surface area is 326 Å². The first-order chi connectivity index (χ1) is 27.3. The van der Waals surface area contributed by atoms with E-state index in [0.717, 1.165) is 17.1 Å². The van der Waals surface area contributed by atoms with Crippen LogP contribution in [0.2, 0.25) is 0 Å². The van der Waals surface area contributed by atoms with E-state index < -0.39 is 5.41 Å². The SMILES string of the molecule is c1ccc(-c2ccc(N(c3ccccc3)c3ccc(-c4ccc5c(c4)-c4ccccc4C54c5ccccc5Sc5ccc6ccccc6c54)cc3)cc2)cc1. The highest BCUT2D eigenvalue weighted by Gasteiger charge is 2.50. The highest BCUT2D eigenvalue weighted by Crippen LogP contribution is 2.63. The molecule has 1 heterocycles. The third-order valence-electron chi connectivity index (χ3n) is 11.5. The van der Waals surface area contributed by atoms with Crippen LogP contribution in [0.3, 0.4) is 0 Å². The van der Waals surface area contributed by atoms with Crippen LogP contribution in [0.5, 0.6) is 0 Å². The third-order valence-corrected chi connectivity index (χ3v) is 12.7. The number of nitrogens with zero attached hydrogens (tertiary/aromatic N) is 1. The molecule has 9 aromatic carbocycles. The van der Waals surface area contributed by atoms with Gasteiger partial charge in [0.05, 0.1) is 5.41 Å². The molecule has 1 atom stereocenters. The Morgan fingerprint density at radius 1 is 0.345 bits per heavy atom. The van der Waals surface area contributed by atoms with Gasteiger partial charge in [0.15, 0.2) is 0 Å². The van der Waals surface area contributed by atoms with Crippen molar-refractivity contribution in [2.24, 2.45) is 0 Å². The predicted molar refractivity (Wildman–Crippen MR) is 231 cm³/mol. The van der Waals surface area contributed by atoms with Crippen LogP contribution >= 0.6 is 11.8 Å². The standard InChI is InChI=1S/C53H35NS/c1-3-13-36(14-4-1)37-23-29-42(30-24-37)54(41-16-5-2-6-17-41)43-31-25-38(26-32-43)40-27-33-48-46(35-40)45-19-9-10-20-47(45)53(48)49-21-11-12-22-50(49)55-51-34-28-39-15-7-8-18-44(39)52(51)53/h1-35H. The van der Waals surface area contributed by atoms with Gasteiger partial charge >= 0.3 is 0 Å². The second-order valence-electron chi connectivity index (χ2n) is 14.4. The van der Waals surface area contributed by atoms with Crippen molar-refractivity contribution < 1.29 is 0 Å². The van der Waals surface area contributed by atoms with Crippen molar-refractivity contribution in [2.45, 2.75) is 15.2 Å². The Hall–Kier alpha value is -6.61. The van der Waals surface area contributed by atoms with Gasteiger partial charge in [0.2, 0.25) is 0 Å². The van der Waals surface area contributed by atoms with Gasteiger partial charge in [0.25, 0.3) is 0 Å². The molecule has 1 aliphatic heterocycles. The monoisotopic (exact) mass is 717 g/mol. The van der Waals surface area contributed by atoms with Gasteiger partial charge in [-0.2, -0.15) is 0 Å². The maximum atomic E-state index is 2.43. The third kappa shape index (κ3) is 4.95. The topological polar surface area (TPSA) is 3.24 Å². The molecule has 0 radical (unpaired) electrons. The first-order valence-electron chi connectivity index (χ1n) is 18.9. The van der Waals surface area contributed by atoms with E-state index in [1.54, 1.807) is 0 Å². The zero-order valence-corrected chi connectivity index (χ0v) is 30.9. The molecule has 1 aliphatic carbocycles. The van der Waals surface area contributed by atoms with E-state index in [9.17, 15) is 0 Å². The Bertz CT molecular complexity index is 2880. The Morgan fingerprint density at radius 3 is 1.65 bits per heavy atom. The molecule has 2 aliphatic rings. The lowest BCUT2D eigenvalue weighted by atomic mass is 9.66. The number of para-hydroxylation sites is 1. The van der Waals surface area contributed by atoms with Crippen molar-refractivity contribution in [2.75, 3.05) is 4.90 Å². The molecule has 0 amide bonds. The fourth-order valence-electron chi connectivity index (χ4n) is 9.13. The highest BCUT2D eigenvalue weighted by molar-refractivity contribution is 7.99. The van der Waals surface area contributed by atoms with E-state index >= 15 is 0 Å². The van der Waals surface area contributed by atoms with E-state index in [2.05, 4.69) is 217 Å². The summed E-state index contributed by atoms with van der Waals surface area (Å²) >= 11 is 1.90. The summed E-state index contributed by atoms with van der Waals surface area (Å²) in [4.78, 5) is 4.99. The van der Waals surface area contributed by atoms with Crippen LogP contribution in [-0.2, 0) is 5.41 Å². The number of hydrogen-bond donors (Lipinski definition) is 0. The molecule has 0 saturated heterocycles. The summed E-state index contributed by atoms with van der Waals surface area (Å²) in [5, 5.41) is 2.60. The van der Waals surface area contributed by atoms with Crippen LogP contribution in [0.15, 0.2) is 222 Å². The second-order valence-corrected chi connectivity index (χ2v) is 15.5. The van der Waals surface area contributed by atoms with Gasteiger partial charge in [-0.3, -0.25) is 0 Å². The van der Waals surface area contributed by atoms with Gasteiger partial charge in [0.1, 0.15) is 0 Å². The first-order valence-corrected chi connectivity index (χ1v) is 19.7. The molecule has 0 aromatic heterocycles. The summed E-state index contributed by atoms with van der Waals surface area (Å²) in [5.41, 5.74) is 15.9. The Kier molecular flexibility index (Phi) is 7.40. The molecule has 0 N–H and O–H groups in total. The minimum atomic E-state index is -0.418. The molecule has 0 saturated carbocycles. The number of hydrogen-bond acceptors (Lipinski definition) is 2. The van der Waals surface area contributed by atoms with Crippen molar-refractivity contribution in [3.8, 4) is 33.4 Å². The Morgan fingerprint density at radius 2 is 0.891 bits per heavy atom. The summed E-state index contributed by atoms with van der Waals surface area (Å²) in [7, 11) is 0. The van der Waals surface area contributed by atoms with Crippen LogP contribution in [0.4, 0.5) is 17.1 Å². The van der Waals surface area contributed by atoms with Crippen LogP contribution in [0.25, 0.3) is 44.2 Å². The molecular weight excluding hydrogens is 683 g/mol. The maximum absolute atomic E-state index is 2.43. The average Bonchev–Trinajstić information content (AvgIpc) is 3.54. The minimum absolute atomic E-state index is 0.418. The number of anilines is 3. The minimum Gasteiger partial charge on any atom is -0.311 e. The average molecular weight is 718 g/mol. The summed E-state index contributed by atoms with van der Waals surface area (Å²) in [6.07, 6.45) is 0. The van der Waals surface area contributed by atoms with Crippen molar-refractivity contribution >= 4 is 39.6 Å². The van der Waals surface area contributed by atoms with E-state index in [4.69, 9.17) is 0 Å². The molecule has 2 heteroatoms. The lowest BCUT2D eigenvalue weighted by molar-refractivity contribution is 0.731. The number of fused-ring (bicyclic) bond motifs is 11. The van der Waals surface area contributed by atoms with E-state index in [0.29, 0.717) is 0 Å². The highest BCUT2D eigenvalue weighted by atomic mass is 32.2. The number of benzene rings is 9. The summed E-state index contributed by atoms with van der Waals surface area (Å²) in [6, 6.07) is 78.0. The molecule has 9 aromatic rings. The molecule has 258 valence electrons. The Balaban J connectivity index is 1.04. The van der Waals surface area contributed by atoms with Gasteiger partial charge in [-0.05, 0) is 121 Å². The van der Waals surface area contributed by atoms with Crippen LogP contribution in [0.1, 0.15) is 22.3 Å². The summed E-state index contributed by atoms with van der Waals surface area (Å²) in [5.74, 6) is 0. The largest absolute Gasteiger partial charge is 0.311 e. The van der Waals surface area contributed by atoms with Gasteiger partial charge in [0, 0.05) is 26.9 Å². The van der Waals surface area contributed by atoms with Crippen molar-refractivity contribution in [3.05, 3.63) is 235 Å². The molecule has 1 nitrogen and oxygen atoms in total. The zero-order chi connectivity index (χ0) is 36.3. The molecular formula is C53H35NS. The van der Waals surface area contributed by atoms with Crippen LogP contribution in [-0.4, -0.2) is 0 Å². The quantitative estimate of drug-likeness (QED) is 0.174. The molecule has 1 spiro atoms. The molecule has 0 fully saturated rings. The van der Waals surface area contributed by atoms with Crippen molar-refractivity contribution in [1.82, 2.24) is 0 Å². The summed E-state index contributed by atoms with van der Waals surface area (Å²) < 4.78 is 0. The fraction of sp³-hybridized carbons (Fsp3) is 0.0189. The normalized spacial score (nSPS) is 14.9. The number of rotatable bonds is 5. The summed E-state index contributed by atoms with van der Waals surface area (Å²) in [6.45, 7) is 0.